The molecule has 0 saturated carbocycles. The van der Waals surface area contributed by atoms with Gasteiger partial charge in [0.1, 0.15) is 10.6 Å². The summed E-state index contributed by atoms with van der Waals surface area (Å²) in [4.78, 5) is 24.5. The minimum Gasteiger partial charge on any atom is -0.505 e. The third-order valence-electron chi connectivity index (χ3n) is 8.98. The minimum atomic E-state index is -4.92. The van der Waals surface area contributed by atoms with Gasteiger partial charge in [0.05, 0.1) is 22.0 Å². The SMILES string of the molecule is Cc1cc(NC(=O)c2ccc(NC(=O)c3ccc(N)cc3)cc2)ccc1N=Nc1ccc2c(O)c(N=Nc3ccc4cc(S(=O)(=O)O)ccc4c3)c(S(=O)(=O)O)cc2c1.[Na+]. The average molecular weight is 853 g/mol. The molecular formula is C41H31N7NaO9S2+. The number of azo groups is 2. The number of rotatable bonds is 10. The van der Waals surface area contributed by atoms with E-state index in [0.717, 1.165) is 6.07 Å². The van der Waals surface area contributed by atoms with Crippen LogP contribution in [0.1, 0.15) is 26.3 Å². The fourth-order valence-electron chi connectivity index (χ4n) is 5.94. The monoisotopic (exact) mass is 852 g/mol. The van der Waals surface area contributed by atoms with Gasteiger partial charge in [-0.1, -0.05) is 12.1 Å². The van der Waals surface area contributed by atoms with E-state index in [-0.39, 0.29) is 68.4 Å². The summed E-state index contributed by atoms with van der Waals surface area (Å²) in [5.41, 5.74) is 9.13. The van der Waals surface area contributed by atoms with E-state index in [1.807, 2.05) is 0 Å². The summed E-state index contributed by atoms with van der Waals surface area (Å²) >= 11 is 0. The van der Waals surface area contributed by atoms with Crippen LogP contribution in [0.15, 0.2) is 158 Å². The fourth-order valence-corrected chi connectivity index (χ4v) is 7.11. The largest absolute Gasteiger partial charge is 1.00 e. The number of nitrogens with zero attached hydrogens (tertiary/aromatic N) is 4. The smallest absolute Gasteiger partial charge is 0.505 e. The van der Waals surface area contributed by atoms with Crippen molar-refractivity contribution in [2.75, 3.05) is 16.4 Å². The quantitative estimate of drug-likeness (QED) is 0.0380. The van der Waals surface area contributed by atoms with Crippen molar-refractivity contribution < 1.29 is 70.2 Å². The van der Waals surface area contributed by atoms with E-state index in [1.165, 1.54) is 54.6 Å². The number of benzene rings is 7. The molecule has 0 bridgehead atoms. The summed E-state index contributed by atoms with van der Waals surface area (Å²) in [5, 5.41) is 34.6. The van der Waals surface area contributed by atoms with Gasteiger partial charge in [-0.3, -0.25) is 18.7 Å². The first-order valence-electron chi connectivity index (χ1n) is 17.3. The Morgan fingerprint density at radius 1 is 0.583 bits per heavy atom. The molecule has 0 fully saturated rings. The van der Waals surface area contributed by atoms with Crippen LogP contribution in [0.5, 0.6) is 5.75 Å². The van der Waals surface area contributed by atoms with E-state index in [2.05, 4.69) is 31.1 Å². The molecule has 0 atom stereocenters. The van der Waals surface area contributed by atoms with Gasteiger partial charge in [0, 0.05) is 33.6 Å². The Labute approximate surface area is 364 Å². The van der Waals surface area contributed by atoms with Crippen LogP contribution in [0.3, 0.4) is 0 Å². The Morgan fingerprint density at radius 2 is 1.13 bits per heavy atom. The minimum absolute atomic E-state index is 0. The topological polar surface area (TPSA) is 263 Å². The molecule has 0 saturated heterocycles. The molecule has 7 N–H and O–H groups in total. The number of hydrogen-bond donors (Lipinski definition) is 6. The van der Waals surface area contributed by atoms with Gasteiger partial charge in [-0.05, 0) is 144 Å². The number of fused-ring (bicyclic) bond motifs is 2. The van der Waals surface area contributed by atoms with Gasteiger partial charge in [0.2, 0.25) is 0 Å². The van der Waals surface area contributed by atoms with Crippen LogP contribution in [-0.4, -0.2) is 42.9 Å². The van der Waals surface area contributed by atoms with E-state index in [1.54, 1.807) is 73.7 Å². The summed E-state index contributed by atoms with van der Waals surface area (Å²) < 4.78 is 67.3. The molecule has 0 spiro atoms. The maximum absolute atomic E-state index is 13.0. The zero-order chi connectivity index (χ0) is 42.1. The normalized spacial score (nSPS) is 11.8. The number of aromatic hydroxyl groups is 1. The van der Waals surface area contributed by atoms with Crippen LogP contribution >= 0.6 is 0 Å². The number of anilines is 3. The predicted molar refractivity (Wildman–Crippen MR) is 222 cm³/mol. The molecule has 19 heteroatoms. The maximum Gasteiger partial charge on any atom is 1.00 e. The summed E-state index contributed by atoms with van der Waals surface area (Å²) in [5.74, 6) is -1.27. The van der Waals surface area contributed by atoms with Gasteiger partial charge in [-0.2, -0.15) is 32.2 Å². The van der Waals surface area contributed by atoms with Gasteiger partial charge >= 0.3 is 29.6 Å². The second-order valence-electron chi connectivity index (χ2n) is 13.1. The standard InChI is InChI=1S/C41H31N7O9S2.Na/c1-23-18-31(44-41(51)25-4-10-30(11-5-25)43-40(50)24-2-8-29(42)9-3-24)14-17-36(23)47-45-33-13-16-35-28(20-33)22-37(59(55,56)57)38(39(35)49)48-46-32-12-6-27-21-34(58(52,53)54)15-7-26(27)19-32;/h2-22,49H,42H2,1H3,(H,43,50)(H,44,51)(H,52,53,54)(H,55,56,57);/q;+1. The van der Waals surface area contributed by atoms with Crippen LogP contribution in [-0.2, 0) is 20.2 Å². The molecule has 0 aliphatic rings. The molecule has 7 rings (SSSR count). The van der Waals surface area contributed by atoms with E-state index >= 15 is 0 Å². The van der Waals surface area contributed by atoms with Crippen LogP contribution < -0.4 is 45.9 Å². The molecule has 16 nitrogen and oxygen atoms in total. The average Bonchev–Trinajstić information content (AvgIpc) is 3.19. The Balaban J connectivity index is 0.00000604. The number of amides is 2. The molecule has 2 amide bonds. The first kappa shape index (κ1) is 43.2. The molecule has 7 aromatic rings. The summed E-state index contributed by atoms with van der Waals surface area (Å²) in [7, 11) is -9.34. The van der Waals surface area contributed by atoms with Crippen molar-refractivity contribution in [3.63, 3.8) is 0 Å². The van der Waals surface area contributed by atoms with Crippen molar-refractivity contribution in [1.29, 1.82) is 0 Å². The van der Waals surface area contributed by atoms with Gasteiger partial charge in [0.15, 0.2) is 5.75 Å². The molecule has 0 aliphatic heterocycles. The molecular weight excluding hydrogens is 822 g/mol. The number of aryl methyl sites for hydroxylation is 1. The molecule has 0 aromatic heterocycles. The molecule has 60 heavy (non-hydrogen) atoms. The summed E-state index contributed by atoms with van der Waals surface area (Å²) in [6.45, 7) is 1.77. The Morgan fingerprint density at radius 3 is 1.77 bits per heavy atom. The van der Waals surface area contributed by atoms with E-state index in [0.29, 0.717) is 50.2 Å². The van der Waals surface area contributed by atoms with Gasteiger partial charge < -0.3 is 21.5 Å². The first-order chi connectivity index (χ1) is 28.0. The summed E-state index contributed by atoms with van der Waals surface area (Å²) in [6, 6.07) is 31.9. The Bertz CT molecular complexity index is 3130. The molecule has 0 aliphatic carbocycles. The van der Waals surface area contributed by atoms with Crippen molar-refractivity contribution in [3.05, 3.63) is 144 Å². The van der Waals surface area contributed by atoms with E-state index in [9.17, 15) is 40.6 Å². The van der Waals surface area contributed by atoms with E-state index in [4.69, 9.17) is 5.73 Å². The number of nitrogen functional groups attached to an aromatic ring is 1. The van der Waals surface area contributed by atoms with Crippen molar-refractivity contribution in [3.8, 4) is 5.75 Å². The van der Waals surface area contributed by atoms with Crippen LogP contribution in [0, 0.1) is 6.92 Å². The molecule has 296 valence electrons. The molecule has 0 heterocycles. The van der Waals surface area contributed by atoms with Gasteiger partial charge in [-0.25, -0.2) is 0 Å². The van der Waals surface area contributed by atoms with Crippen molar-refractivity contribution in [2.45, 2.75) is 16.7 Å². The first-order valence-corrected chi connectivity index (χ1v) is 20.2. The molecule has 7 aromatic carbocycles. The van der Waals surface area contributed by atoms with Crippen molar-refractivity contribution in [2.24, 2.45) is 20.5 Å². The third-order valence-corrected chi connectivity index (χ3v) is 10.7. The Kier molecular flexibility index (Phi) is 12.6. The van der Waals surface area contributed by atoms with E-state index < -0.39 is 36.6 Å². The number of carbonyl (C=O) groups excluding carboxylic acids is 2. The zero-order valence-electron chi connectivity index (χ0n) is 31.6. The third kappa shape index (κ3) is 9.89. The van der Waals surface area contributed by atoms with Crippen molar-refractivity contribution in [1.82, 2.24) is 0 Å². The number of hydrogen-bond acceptors (Lipinski definition) is 12. The number of nitrogens with two attached hydrogens (primary N) is 1. The Hall–Kier alpha value is -6.38. The molecule has 0 radical (unpaired) electrons. The van der Waals surface area contributed by atoms with Gasteiger partial charge in [-0.15, -0.1) is 5.11 Å². The second-order valence-corrected chi connectivity index (χ2v) is 15.9. The number of phenols is 1. The predicted octanol–water partition coefficient (Wildman–Crippen LogP) is 6.42. The maximum atomic E-state index is 13.0. The van der Waals surface area contributed by atoms with Crippen LogP contribution in [0.2, 0.25) is 0 Å². The van der Waals surface area contributed by atoms with Crippen LogP contribution in [0.4, 0.5) is 39.8 Å². The van der Waals surface area contributed by atoms with Crippen molar-refractivity contribution >= 4 is 93.4 Å². The number of phenolic OH excluding ortho intramolecular Hbond substituents is 1. The zero-order valence-corrected chi connectivity index (χ0v) is 35.2. The number of carbonyl (C=O) groups is 2. The molecule has 0 unspecified atom stereocenters. The second kappa shape index (κ2) is 17.5. The van der Waals surface area contributed by atoms with Gasteiger partial charge in [0.25, 0.3) is 32.1 Å². The van der Waals surface area contributed by atoms with Crippen LogP contribution in [0.25, 0.3) is 21.5 Å². The number of nitrogens with one attached hydrogen (secondary N) is 2. The fraction of sp³-hybridized carbons (Fsp3) is 0.0244. The summed E-state index contributed by atoms with van der Waals surface area (Å²) in [6.07, 6.45) is 0.